The molecule has 2 aromatic rings. The highest BCUT2D eigenvalue weighted by Crippen LogP contribution is 2.29. The summed E-state index contributed by atoms with van der Waals surface area (Å²) in [5, 5.41) is 18.2. The number of ether oxygens (including phenoxy) is 1. The second kappa shape index (κ2) is 11.8. The molecule has 0 bridgehead atoms. The number of aromatic nitrogens is 1. The minimum atomic E-state index is -1.02. The molecule has 1 saturated heterocycles. The van der Waals surface area contributed by atoms with Gasteiger partial charge in [0, 0.05) is 24.7 Å². The van der Waals surface area contributed by atoms with Gasteiger partial charge < -0.3 is 30.7 Å². The van der Waals surface area contributed by atoms with E-state index in [4.69, 9.17) is 4.74 Å². The van der Waals surface area contributed by atoms with Crippen molar-refractivity contribution in [2.45, 2.75) is 51.4 Å². The largest absolute Gasteiger partial charge is 0.491 e. The molecule has 1 aromatic carbocycles. The van der Waals surface area contributed by atoms with E-state index in [2.05, 4.69) is 20.9 Å². The Labute approximate surface area is 225 Å². The van der Waals surface area contributed by atoms with Crippen LogP contribution in [0.15, 0.2) is 36.7 Å². The minimum Gasteiger partial charge on any atom is -0.491 e. The van der Waals surface area contributed by atoms with Crippen LogP contribution in [0.4, 0.5) is 4.39 Å². The number of hydrogen-bond donors (Lipinski definition) is 4. The monoisotopic (exact) mass is 541 g/mol. The van der Waals surface area contributed by atoms with Gasteiger partial charge in [-0.15, -0.1) is 0 Å². The first-order chi connectivity index (χ1) is 18.6. The molecule has 3 heterocycles. The Balaban J connectivity index is 1.69. The van der Waals surface area contributed by atoms with Crippen LogP contribution in [0.25, 0.3) is 11.1 Å². The van der Waals surface area contributed by atoms with Crippen LogP contribution >= 0.6 is 0 Å². The Kier molecular flexibility index (Phi) is 8.44. The van der Waals surface area contributed by atoms with Gasteiger partial charge in [-0.3, -0.25) is 24.2 Å². The predicted octanol–water partition coefficient (Wildman–Crippen LogP) is 0.617. The van der Waals surface area contributed by atoms with Gasteiger partial charge in [0.1, 0.15) is 36.3 Å². The number of hydrogen-bond acceptors (Lipinski definition) is 7. The van der Waals surface area contributed by atoms with Crippen LogP contribution in [0.3, 0.4) is 0 Å². The molecule has 0 spiro atoms. The van der Waals surface area contributed by atoms with E-state index < -0.39 is 53.7 Å². The molecule has 1 fully saturated rings. The fraction of sp³-hybridized carbons (Fsp3) is 0.444. The van der Waals surface area contributed by atoms with Crippen molar-refractivity contribution in [3.63, 3.8) is 0 Å². The molecule has 2 aliphatic rings. The molecule has 1 aromatic heterocycles. The van der Waals surface area contributed by atoms with E-state index in [9.17, 15) is 28.7 Å². The van der Waals surface area contributed by atoms with Gasteiger partial charge in [-0.25, -0.2) is 4.39 Å². The minimum absolute atomic E-state index is 0.0112. The summed E-state index contributed by atoms with van der Waals surface area (Å²) in [7, 11) is 0. The summed E-state index contributed by atoms with van der Waals surface area (Å²) in [4.78, 5) is 57.7. The molecular formula is C27H32FN5O6. The van der Waals surface area contributed by atoms with Crippen LogP contribution in [0.2, 0.25) is 0 Å². The number of pyridine rings is 1. The van der Waals surface area contributed by atoms with Crippen molar-refractivity contribution < 1.29 is 33.4 Å². The summed E-state index contributed by atoms with van der Waals surface area (Å²) in [5.41, 5.74) is 0.698. The molecule has 4 rings (SSSR count). The third-order valence-electron chi connectivity index (χ3n) is 6.80. The van der Waals surface area contributed by atoms with Gasteiger partial charge >= 0.3 is 0 Å². The molecular weight excluding hydrogens is 509 g/mol. The summed E-state index contributed by atoms with van der Waals surface area (Å²) in [6.45, 7) is 4.99. The van der Waals surface area contributed by atoms with Gasteiger partial charge in [0.15, 0.2) is 0 Å². The Morgan fingerprint density at radius 3 is 2.59 bits per heavy atom. The fourth-order valence-electron chi connectivity index (χ4n) is 4.74. The number of amides is 4. The van der Waals surface area contributed by atoms with Crippen molar-refractivity contribution in [1.82, 2.24) is 25.8 Å². The number of nitrogens with zero attached hydrogens (tertiary/aromatic N) is 2. The van der Waals surface area contributed by atoms with Crippen LogP contribution in [0, 0.1) is 11.7 Å². The number of rotatable bonds is 2. The predicted molar refractivity (Wildman–Crippen MR) is 138 cm³/mol. The molecule has 0 aliphatic carbocycles. The second-order valence-electron chi connectivity index (χ2n) is 10.0. The van der Waals surface area contributed by atoms with Crippen LogP contribution < -0.4 is 20.7 Å². The maximum absolute atomic E-state index is 14.4. The average molecular weight is 542 g/mol. The third-order valence-corrected chi connectivity index (χ3v) is 6.80. The Morgan fingerprint density at radius 2 is 1.87 bits per heavy atom. The lowest BCUT2D eigenvalue weighted by atomic mass is 10.00. The first-order valence-electron chi connectivity index (χ1n) is 12.8. The lowest BCUT2D eigenvalue weighted by Crippen LogP contribution is -2.57. The van der Waals surface area contributed by atoms with Crippen molar-refractivity contribution in [1.29, 1.82) is 0 Å². The van der Waals surface area contributed by atoms with Crippen LogP contribution in [0.1, 0.15) is 37.6 Å². The summed E-state index contributed by atoms with van der Waals surface area (Å²) in [5.74, 6) is -2.95. The van der Waals surface area contributed by atoms with Crippen molar-refractivity contribution in [2.75, 3.05) is 19.7 Å². The number of aliphatic hydroxyl groups excluding tert-OH is 1. The molecule has 4 atom stereocenters. The summed E-state index contributed by atoms with van der Waals surface area (Å²) >= 11 is 0. The SMILES string of the molecule is CC(C)[C@@H]1NC(=O)c2cc(-c3ccncc3F)ccc2OCCNC(=O)[C@@H]2C[C@H](O)CN2C(=O)[C@@H](C)NC1=O. The second-order valence-corrected chi connectivity index (χ2v) is 10.0. The van der Waals surface area contributed by atoms with E-state index in [0.717, 1.165) is 6.20 Å². The maximum Gasteiger partial charge on any atom is 0.255 e. The van der Waals surface area contributed by atoms with E-state index in [1.165, 1.54) is 36.2 Å². The highest BCUT2D eigenvalue weighted by Gasteiger charge is 2.41. The number of halogens is 1. The van der Waals surface area contributed by atoms with E-state index in [-0.39, 0.29) is 48.9 Å². The number of nitrogens with one attached hydrogen (secondary N) is 3. The maximum atomic E-state index is 14.4. The Hall–Kier alpha value is -4.06. The molecule has 0 unspecified atom stereocenters. The molecule has 208 valence electrons. The van der Waals surface area contributed by atoms with Crippen LogP contribution in [-0.2, 0) is 14.4 Å². The number of carbonyl (C=O) groups excluding carboxylic acids is 4. The van der Waals surface area contributed by atoms with Crippen molar-refractivity contribution >= 4 is 23.6 Å². The molecule has 4 N–H and O–H groups in total. The van der Waals surface area contributed by atoms with Crippen LogP contribution in [0.5, 0.6) is 5.75 Å². The quantitative estimate of drug-likeness (QED) is 0.435. The van der Waals surface area contributed by atoms with Gasteiger partial charge in [-0.05, 0) is 36.6 Å². The topological polar surface area (TPSA) is 150 Å². The van der Waals surface area contributed by atoms with Gasteiger partial charge in [-0.1, -0.05) is 19.9 Å². The highest BCUT2D eigenvalue weighted by molar-refractivity contribution is 6.01. The zero-order valence-corrected chi connectivity index (χ0v) is 21.9. The van der Waals surface area contributed by atoms with Crippen molar-refractivity contribution in [2.24, 2.45) is 5.92 Å². The molecule has 0 radical (unpaired) electrons. The third kappa shape index (κ3) is 6.17. The molecule has 12 heteroatoms. The van der Waals surface area contributed by atoms with Crippen LogP contribution in [-0.4, -0.2) is 82.5 Å². The number of benzene rings is 1. The number of aliphatic hydroxyl groups is 1. The standard InChI is InChI=1S/C27H32FN5O6/c1-14(2)23-26(37)31-15(3)27(38)33-13-17(34)11-21(33)25(36)30-8-9-39-22-5-4-16(10-19(22)24(35)32-23)18-6-7-29-12-20(18)28/h4-7,10,12,14-15,17,21,23,34H,8-9,11,13H2,1-3H3,(H,30,36)(H,31,37)(H,32,35)/t15-,17+,21+,23+/m1/s1. The van der Waals surface area contributed by atoms with Crippen molar-refractivity contribution in [3.8, 4) is 16.9 Å². The van der Waals surface area contributed by atoms with Gasteiger partial charge in [0.2, 0.25) is 17.7 Å². The Bertz CT molecular complexity index is 1270. The fourth-order valence-corrected chi connectivity index (χ4v) is 4.74. The van der Waals surface area contributed by atoms with Gasteiger partial charge in [0.25, 0.3) is 5.91 Å². The highest BCUT2D eigenvalue weighted by atomic mass is 19.1. The zero-order valence-electron chi connectivity index (χ0n) is 21.9. The molecule has 0 saturated carbocycles. The van der Waals surface area contributed by atoms with E-state index in [1.807, 2.05) is 0 Å². The smallest absolute Gasteiger partial charge is 0.255 e. The van der Waals surface area contributed by atoms with Crippen molar-refractivity contribution in [3.05, 3.63) is 48.0 Å². The molecule has 39 heavy (non-hydrogen) atoms. The lowest BCUT2D eigenvalue weighted by molar-refractivity contribution is -0.141. The molecule has 2 aliphatic heterocycles. The first kappa shape index (κ1) is 28.0. The van der Waals surface area contributed by atoms with Gasteiger partial charge in [-0.2, -0.15) is 0 Å². The normalized spacial score (nSPS) is 24.8. The number of fused-ring (bicyclic) bond motifs is 2. The summed E-state index contributed by atoms with van der Waals surface area (Å²) in [6.07, 6.45) is 1.69. The molecule has 11 nitrogen and oxygen atoms in total. The Morgan fingerprint density at radius 1 is 1.10 bits per heavy atom. The van der Waals surface area contributed by atoms with E-state index in [1.54, 1.807) is 19.9 Å². The summed E-state index contributed by atoms with van der Waals surface area (Å²) < 4.78 is 20.2. The average Bonchev–Trinajstić information content (AvgIpc) is 3.30. The van der Waals surface area contributed by atoms with E-state index in [0.29, 0.717) is 5.56 Å². The zero-order chi connectivity index (χ0) is 28.3. The number of carbonyl (C=O) groups is 4. The first-order valence-corrected chi connectivity index (χ1v) is 12.8. The van der Waals surface area contributed by atoms with Gasteiger partial charge in [0.05, 0.1) is 24.4 Å². The van der Waals surface area contributed by atoms with E-state index >= 15 is 0 Å². The lowest BCUT2D eigenvalue weighted by Gasteiger charge is -2.29. The molecule has 4 amide bonds. The summed E-state index contributed by atoms with van der Waals surface area (Å²) in [6, 6.07) is 3.13.